The van der Waals surface area contributed by atoms with Crippen molar-refractivity contribution in [2.45, 2.75) is 25.4 Å². The summed E-state index contributed by atoms with van der Waals surface area (Å²) in [6.45, 7) is 2.98. The summed E-state index contributed by atoms with van der Waals surface area (Å²) < 4.78 is 19.2. The summed E-state index contributed by atoms with van der Waals surface area (Å²) in [5, 5.41) is 0. The van der Waals surface area contributed by atoms with Crippen molar-refractivity contribution in [1.82, 2.24) is 14.9 Å². The van der Waals surface area contributed by atoms with Crippen LogP contribution in [0.2, 0.25) is 0 Å². The third-order valence-corrected chi connectivity index (χ3v) is 5.21. The zero-order valence-corrected chi connectivity index (χ0v) is 15.6. The van der Waals surface area contributed by atoms with Crippen molar-refractivity contribution in [1.29, 1.82) is 0 Å². The van der Waals surface area contributed by atoms with Gasteiger partial charge < -0.3 is 14.5 Å². The molecule has 0 N–H and O–H groups in total. The third-order valence-electron chi connectivity index (χ3n) is 5.21. The maximum Gasteiger partial charge on any atom is 0.272 e. The molecular formula is C20H21FN4O3. The number of benzene rings is 1. The number of nitrogens with zero attached hydrogens (tertiary/aromatic N) is 4. The fourth-order valence-electron chi connectivity index (χ4n) is 3.83. The van der Waals surface area contributed by atoms with Gasteiger partial charge in [-0.15, -0.1) is 0 Å². The van der Waals surface area contributed by atoms with E-state index in [4.69, 9.17) is 4.74 Å². The predicted octanol–water partition coefficient (Wildman–Crippen LogP) is 1.96. The van der Waals surface area contributed by atoms with E-state index in [9.17, 15) is 14.0 Å². The second-order valence-corrected chi connectivity index (χ2v) is 7.25. The molecule has 146 valence electrons. The number of carbonyl (C=O) groups excluding carboxylic acids is 2. The molecule has 1 atom stereocenters. The van der Waals surface area contributed by atoms with Crippen molar-refractivity contribution in [3.8, 4) is 0 Å². The van der Waals surface area contributed by atoms with Crippen LogP contribution in [0.3, 0.4) is 0 Å². The third kappa shape index (κ3) is 3.60. The Morgan fingerprint density at radius 1 is 1.21 bits per heavy atom. The van der Waals surface area contributed by atoms with Crippen LogP contribution in [0, 0.1) is 12.7 Å². The Morgan fingerprint density at radius 3 is 2.75 bits per heavy atom. The smallest absolute Gasteiger partial charge is 0.272 e. The lowest BCUT2D eigenvalue weighted by atomic mass is 9.90. The minimum absolute atomic E-state index is 0.0635. The zero-order valence-electron chi connectivity index (χ0n) is 15.6. The maximum absolute atomic E-state index is 13.2. The number of halogens is 1. The van der Waals surface area contributed by atoms with E-state index in [0.717, 1.165) is 12.8 Å². The topological polar surface area (TPSA) is 75.6 Å². The molecule has 28 heavy (non-hydrogen) atoms. The van der Waals surface area contributed by atoms with Crippen molar-refractivity contribution in [2.75, 3.05) is 31.1 Å². The summed E-state index contributed by atoms with van der Waals surface area (Å²) in [6.07, 6.45) is 3.08. The number of aryl methyl sites for hydroxylation is 1. The number of morpholine rings is 1. The van der Waals surface area contributed by atoms with Crippen LogP contribution in [0.15, 0.2) is 36.5 Å². The fraction of sp³-hybridized carbons (Fsp3) is 0.400. The quantitative estimate of drug-likeness (QED) is 0.791. The predicted molar refractivity (Wildman–Crippen MR) is 99.3 cm³/mol. The molecule has 0 saturated carbocycles. The minimum atomic E-state index is -0.641. The number of anilines is 1. The molecule has 3 heterocycles. The molecule has 0 aliphatic carbocycles. The lowest BCUT2D eigenvalue weighted by molar-refractivity contribution is -0.144. The molecule has 2 aromatic rings. The summed E-state index contributed by atoms with van der Waals surface area (Å²) in [7, 11) is 0. The van der Waals surface area contributed by atoms with Gasteiger partial charge in [0.1, 0.15) is 29.5 Å². The summed E-state index contributed by atoms with van der Waals surface area (Å²) in [6, 6.07) is 7.44. The number of rotatable bonds is 2. The van der Waals surface area contributed by atoms with Gasteiger partial charge in [-0.3, -0.25) is 9.59 Å². The monoisotopic (exact) mass is 384 g/mol. The Balaban J connectivity index is 1.54. The highest BCUT2D eigenvalue weighted by Gasteiger charge is 2.44. The first-order valence-electron chi connectivity index (χ1n) is 9.25. The molecule has 2 fully saturated rings. The molecule has 1 spiro atoms. The van der Waals surface area contributed by atoms with Crippen molar-refractivity contribution < 1.29 is 18.7 Å². The van der Waals surface area contributed by atoms with Gasteiger partial charge in [-0.1, -0.05) is 0 Å². The highest BCUT2D eigenvalue weighted by atomic mass is 19.1. The Bertz CT molecular complexity index is 905. The van der Waals surface area contributed by atoms with Crippen LogP contribution < -0.4 is 4.90 Å². The molecule has 1 unspecified atom stereocenters. The van der Waals surface area contributed by atoms with E-state index in [-0.39, 0.29) is 24.2 Å². The first-order valence-corrected chi connectivity index (χ1v) is 9.25. The number of piperidine rings is 1. The summed E-state index contributed by atoms with van der Waals surface area (Å²) >= 11 is 0. The minimum Gasteiger partial charge on any atom is -0.361 e. The van der Waals surface area contributed by atoms with Crippen LogP contribution >= 0.6 is 0 Å². The van der Waals surface area contributed by atoms with Crippen molar-refractivity contribution in [3.63, 3.8) is 0 Å². The van der Waals surface area contributed by atoms with Crippen LogP contribution in [0.5, 0.6) is 0 Å². The van der Waals surface area contributed by atoms with E-state index in [1.165, 1.54) is 12.1 Å². The largest absolute Gasteiger partial charge is 0.361 e. The lowest BCUT2D eigenvalue weighted by Crippen LogP contribution is -2.62. The standard InChI is InChI=1S/C20H21FN4O3/c1-14-22-9-7-17(23-14)19(27)24-10-2-8-20(12-24)13-25(18(26)11-28-20)16-5-3-15(21)4-6-16/h3-7,9H,2,8,10-13H2,1H3. The Kier molecular flexibility index (Phi) is 4.80. The van der Waals surface area contributed by atoms with E-state index in [0.29, 0.717) is 36.8 Å². The second-order valence-electron chi connectivity index (χ2n) is 7.25. The molecule has 2 aliphatic heterocycles. The molecule has 2 aliphatic rings. The number of likely N-dealkylation sites (tertiary alicyclic amines) is 1. The fourth-order valence-corrected chi connectivity index (χ4v) is 3.83. The van der Waals surface area contributed by atoms with Gasteiger partial charge in [0.15, 0.2) is 0 Å². The molecule has 0 bridgehead atoms. The van der Waals surface area contributed by atoms with Gasteiger partial charge in [-0.25, -0.2) is 14.4 Å². The number of amides is 2. The van der Waals surface area contributed by atoms with E-state index in [1.54, 1.807) is 41.1 Å². The maximum atomic E-state index is 13.2. The molecule has 1 aromatic carbocycles. The van der Waals surface area contributed by atoms with Gasteiger partial charge in [0.05, 0.1) is 13.1 Å². The van der Waals surface area contributed by atoms with Crippen LogP contribution in [0.25, 0.3) is 0 Å². The molecule has 1 aromatic heterocycles. The number of ether oxygens (including phenoxy) is 1. The number of hydrogen-bond donors (Lipinski definition) is 0. The number of aromatic nitrogens is 2. The number of hydrogen-bond acceptors (Lipinski definition) is 5. The SMILES string of the molecule is Cc1nccc(C(=O)N2CCCC3(C2)CN(c2ccc(F)cc2)C(=O)CO3)n1. The summed E-state index contributed by atoms with van der Waals surface area (Å²) in [4.78, 5) is 36.9. The van der Waals surface area contributed by atoms with Gasteiger partial charge in [0.25, 0.3) is 11.8 Å². The van der Waals surface area contributed by atoms with Crippen LogP contribution in [-0.4, -0.2) is 58.5 Å². The normalized spacial score (nSPS) is 22.6. The van der Waals surface area contributed by atoms with Crippen LogP contribution in [0.1, 0.15) is 29.2 Å². The first kappa shape index (κ1) is 18.5. The van der Waals surface area contributed by atoms with Crippen molar-refractivity contribution >= 4 is 17.5 Å². The zero-order chi connectivity index (χ0) is 19.7. The van der Waals surface area contributed by atoms with Crippen LogP contribution in [-0.2, 0) is 9.53 Å². The molecule has 7 nitrogen and oxygen atoms in total. The van der Waals surface area contributed by atoms with Gasteiger partial charge in [-0.2, -0.15) is 0 Å². The molecule has 2 saturated heterocycles. The van der Waals surface area contributed by atoms with E-state index >= 15 is 0 Å². The average Bonchev–Trinajstić information content (AvgIpc) is 2.70. The molecule has 4 rings (SSSR count). The molecular weight excluding hydrogens is 363 g/mol. The Labute approximate surface area is 162 Å². The summed E-state index contributed by atoms with van der Waals surface area (Å²) in [5.74, 6) is -0.154. The first-order chi connectivity index (χ1) is 13.5. The van der Waals surface area contributed by atoms with Crippen molar-refractivity contribution in [2.24, 2.45) is 0 Å². The average molecular weight is 384 g/mol. The summed E-state index contributed by atoms with van der Waals surface area (Å²) in [5.41, 5.74) is 0.342. The molecule has 8 heteroatoms. The molecule has 0 radical (unpaired) electrons. The van der Waals surface area contributed by atoms with Crippen molar-refractivity contribution in [3.05, 3.63) is 53.9 Å². The van der Waals surface area contributed by atoms with E-state index in [1.807, 2.05) is 0 Å². The van der Waals surface area contributed by atoms with Crippen LogP contribution in [0.4, 0.5) is 10.1 Å². The molecule has 2 amide bonds. The lowest BCUT2D eigenvalue weighted by Gasteiger charge is -2.47. The van der Waals surface area contributed by atoms with Gasteiger partial charge >= 0.3 is 0 Å². The van der Waals surface area contributed by atoms with Gasteiger partial charge in [0.2, 0.25) is 0 Å². The highest BCUT2D eigenvalue weighted by Crippen LogP contribution is 2.32. The van der Waals surface area contributed by atoms with E-state index in [2.05, 4.69) is 9.97 Å². The van der Waals surface area contributed by atoms with Gasteiger partial charge in [0, 0.05) is 18.4 Å². The highest BCUT2D eigenvalue weighted by molar-refractivity contribution is 5.95. The number of carbonyl (C=O) groups is 2. The van der Waals surface area contributed by atoms with E-state index < -0.39 is 5.60 Å². The Hall–Kier alpha value is -2.87. The van der Waals surface area contributed by atoms with Gasteiger partial charge in [-0.05, 0) is 50.1 Å². The second kappa shape index (κ2) is 7.27. The Morgan fingerprint density at radius 2 is 2.00 bits per heavy atom.